The summed E-state index contributed by atoms with van der Waals surface area (Å²) < 4.78 is 34.3. The van der Waals surface area contributed by atoms with E-state index in [1.165, 1.54) is 27.7 Å². The van der Waals surface area contributed by atoms with Crippen LogP contribution >= 0.6 is 0 Å². The number of benzene rings is 2. The molecule has 0 spiro atoms. The number of allylic oxidation sites excluding steroid dienone is 1. The lowest BCUT2D eigenvalue weighted by atomic mass is 10.1. The van der Waals surface area contributed by atoms with Crippen LogP contribution in [-0.4, -0.2) is 51.4 Å². The first-order valence-electron chi connectivity index (χ1n) is 12.4. The highest BCUT2D eigenvalue weighted by molar-refractivity contribution is 5.94. The van der Waals surface area contributed by atoms with Crippen molar-refractivity contribution in [1.82, 2.24) is 19.4 Å². The fourth-order valence-corrected chi connectivity index (χ4v) is 3.77. The lowest BCUT2D eigenvalue weighted by molar-refractivity contribution is -0.123. The zero-order chi connectivity index (χ0) is 28.8. The zero-order valence-corrected chi connectivity index (χ0v) is 21.9. The molecule has 40 heavy (non-hydrogen) atoms. The second-order valence-electron chi connectivity index (χ2n) is 9.18. The molecule has 12 heteroatoms. The van der Waals surface area contributed by atoms with Gasteiger partial charge in [-0.05, 0) is 55.3 Å². The van der Waals surface area contributed by atoms with Crippen LogP contribution in [0, 0.1) is 11.6 Å². The van der Waals surface area contributed by atoms with E-state index in [1.54, 1.807) is 50.6 Å². The predicted octanol–water partition coefficient (Wildman–Crippen LogP) is 3.53. The minimum absolute atomic E-state index is 0.0400. The van der Waals surface area contributed by atoms with Gasteiger partial charge in [0, 0.05) is 26.4 Å². The molecule has 10 nitrogen and oxygen atoms in total. The first-order chi connectivity index (χ1) is 19.1. The number of likely N-dealkylation sites (N-methyl/N-ethyl adjacent to an activating group) is 1. The maximum Gasteiger partial charge on any atom is 0.274 e. The number of aromatic amines is 1. The Morgan fingerprint density at radius 2 is 1.98 bits per heavy atom. The summed E-state index contributed by atoms with van der Waals surface area (Å²) in [5.74, 6) is -1.77. The molecular formula is C28H28F2N6O4. The normalized spacial score (nSPS) is 12.0. The molecule has 4 N–H and O–H groups in total. The van der Waals surface area contributed by atoms with Crippen LogP contribution in [0.4, 0.5) is 14.5 Å². The highest BCUT2D eigenvalue weighted by atomic mass is 19.1. The molecule has 2 aromatic carbocycles. The summed E-state index contributed by atoms with van der Waals surface area (Å²) >= 11 is 0. The first kappa shape index (κ1) is 28.2. The highest BCUT2D eigenvalue weighted by Crippen LogP contribution is 2.30. The van der Waals surface area contributed by atoms with Crippen LogP contribution in [0.5, 0.6) is 11.5 Å². The van der Waals surface area contributed by atoms with Gasteiger partial charge in [-0.2, -0.15) is 0 Å². The average molecular weight is 551 g/mol. The molecular weight excluding hydrogens is 522 g/mol. The number of hydrogen-bond acceptors (Lipinski definition) is 6. The minimum Gasteiger partial charge on any atom is -0.452 e. The number of H-pyrrole nitrogens is 1. The number of aromatic nitrogens is 3. The molecule has 4 rings (SSSR count). The van der Waals surface area contributed by atoms with Gasteiger partial charge in [0.2, 0.25) is 11.8 Å². The molecule has 0 bridgehead atoms. The fourth-order valence-electron chi connectivity index (χ4n) is 3.77. The third-order valence-electron chi connectivity index (χ3n) is 5.92. The van der Waals surface area contributed by atoms with Crippen molar-refractivity contribution in [2.75, 3.05) is 19.4 Å². The molecule has 0 aliphatic carbocycles. The Hall–Kier alpha value is -4.84. The Labute approximate surface area is 228 Å². The van der Waals surface area contributed by atoms with Crippen molar-refractivity contribution in [3.63, 3.8) is 0 Å². The summed E-state index contributed by atoms with van der Waals surface area (Å²) in [7, 11) is 3.27. The van der Waals surface area contributed by atoms with Gasteiger partial charge < -0.3 is 30.2 Å². The number of nitrogens with zero attached hydrogens (tertiary/aromatic N) is 3. The molecule has 2 amide bonds. The lowest BCUT2D eigenvalue weighted by Gasteiger charge is -2.12. The van der Waals surface area contributed by atoms with Gasteiger partial charge in [-0.15, -0.1) is 0 Å². The molecule has 2 aromatic heterocycles. The van der Waals surface area contributed by atoms with Crippen LogP contribution in [0.1, 0.15) is 18.7 Å². The number of anilines is 1. The van der Waals surface area contributed by atoms with Gasteiger partial charge in [-0.25, -0.2) is 13.8 Å². The molecule has 2 heterocycles. The standard InChI is InChI=1S/C28H28F2N6O4/c1-35(2)25(37)11-4-3-7-19(31)27(38)33-21-9-6-14-36(28(21)39)16-24-32-20-8-5-10-23(26(20)34-24)40-22-13-12-17(29)15-18(22)30/h4-6,8-15,19H,3,7,16,31H2,1-2H3,(H,32,34)(H,33,38). The van der Waals surface area contributed by atoms with Gasteiger partial charge in [0.25, 0.3) is 5.56 Å². The van der Waals surface area contributed by atoms with Crippen molar-refractivity contribution >= 4 is 28.5 Å². The number of nitrogens with two attached hydrogens (primary N) is 1. The van der Waals surface area contributed by atoms with E-state index >= 15 is 0 Å². The van der Waals surface area contributed by atoms with Crippen LogP contribution < -0.4 is 21.3 Å². The first-order valence-corrected chi connectivity index (χ1v) is 12.4. The number of carbonyl (C=O) groups is 2. The van der Waals surface area contributed by atoms with E-state index in [1.807, 2.05) is 0 Å². The number of ether oxygens (including phenoxy) is 1. The molecule has 4 aromatic rings. The van der Waals surface area contributed by atoms with E-state index in [-0.39, 0.29) is 36.1 Å². The quantitative estimate of drug-likeness (QED) is 0.259. The number of imidazole rings is 1. The van der Waals surface area contributed by atoms with Crippen LogP contribution in [-0.2, 0) is 16.1 Å². The molecule has 1 atom stereocenters. The van der Waals surface area contributed by atoms with Gasteiger partial charge in [0.1, 0.15) is 22.8 Å². The number of nitrogens with one attached hydrogen (secondary N) is 2. The van der Waals surface area contributed by atoms with Gasteiger partial charge in [0.05, 0.1) is 18.1 Å². The van der Waals surface area contributed by atoms with Crippen molar-refractivity contribution in [2.24, 2.45) is 5.73 Å². The molecule has 0 fully saturated rings. The molecule has 208 valence electrons. The number of hydrogen-bond donors (Lipinski definition) is 3. The third kappa shape index (κ3) is 6.77. The van der Waals surface area contributed by atoms with Crippen molar-refractivity contribution in [3.8, 4) is 11.5 Å². The minimum atomic E-state index is -0.882. The zero-order valence-electron chi connectivity index (χ0n) is 21.9. The van der Waals surface area contributed by atoms with Crippen LogP contribution in [0.3, 0.4) is 0 Å². The van der Waals surface area contributed by atoms with Crippen molar-refractivity contribution in [3.05, 3.63) is 94.7 Å². The monoisotopic (exact) mass is 550 g/mol. The number of amides is 2. The number of fused-ring (bicyclic) bond motifs is 1. The molecule has 0 saturated carbocycles. The van der Waals surface area contributed by atoms with E-state index < -0.39 is 29.1 Å². The average Bonchev–Trinajstić information content (AvgIpc) is 3.33. The Balaban J connectivity index is 1.45. The second kappa shape index (κ2) is 12.3. The number of pyridine rings is 1. The Morgan fingerprint density at radius 3 is 2.73 bits per heavy atom. The highest BCUT2D eigenvalue weighted by Gasteiger charge is 2.16. The smallest absolute Gasteiger partial charge is 0.274 e. The van der Waals surface area contributed by atoms with E-state index in [2.05, 4.69) is 15.3 Å². The topological polar surface area (TPSA) is 135 Å². The van der Waals surface area contributed by atoms with Crippen molar-refractivity contribution in [1.29, 1.82) is 0 Å². The van der Waals surface area contributed by atoms with Crippen molar-refractivity contribution in [2.45, 2.75) is 25.4 Å². The number of carbonyl (C=O) groups excluding carboxylic acids is 2. The third-order valence-corrected chi connectivity index (χ3v) is 5.92. The van der Waals surface area contributed by atoms with Gasteiger partial charge in [0.15, 0.2) is 17.3 Å². The molecule has 0 aliphatic heterocycles. The molecule has 0 saturated heterocycles. The summed E-state index contributed by atoms with van der Waals surface area (Å²) in [5, 5.41) is 2.57. The number of rotatable bonds is 10. The predicted molar refractivity (Wildman–Crippen MR) is 146 cm³/mol. The van der Waals surface area contributed by atoms with Gasteiger partial charge in [-0.1, -0.05) is 12.1 Å². The van der Waals surface area contributed by atoms with E-state index in [0.717, 1.165) is 12.1 Å². The largest absolute Gasteiger partial charge is 0.452 e. The van der Waals surface area contributed by atoms with E-state index in [9.17, 15) is 23.2 Å². The summed E-state index contributed by atoms with van der Waals surface area (Å²) in [4.78, 5) is 46.2. The fraction of sp³-hybridized carbons (Fsp3) is 0.214. The van der Waals surface area contributed by atoms with Crippen LogP contribution in [0.25, 0.3) is 11.0 Å². The summed E-state index contributed by atoms with van der Waals surface area (Å²) in [5.41, 5.74) is 6.52. The summed E-state index contributed by atoms with van der Waals surface area (Å²) in [6.07, 6.45) is 5.30. The van der Waals surface area contributed by atoms with Gasteiger partial charge >= 0.3 is 0 Å². The van der Waals surface area contributed by atoms with Crippen molar-refractivity contribution < 1.29 is 23.1 Å². The second-order valence-corrected chi connectivity index (χ2v) is 9.18. The molecule has 0 radical (unpaired) electrons. The Bertz CT molecular complexity index is 1630. The number of halogens is 2. The maximum atomic E-state index is 14.1. The SMILES string of the molecule is CN(C)C(=O)C=CCCC(N)C(=O)Nc1cccn(Cc2nc3c(Oc4ccc(F)cc4F)cccc3[nH]2)c1=O. The Morgan fingerprint density at radius 1 is 1.18 bits per heavy atom. The van der Waals surface area contributed by atoms with E-state index in [4.69, 9.17) is 10.5 Å². The van der Waals surface area contributed by atoms with E-state index in [0.29, 0.717) is 23.3 Å². The molecule has 1 unspecified atom stereocenters. The van der Waals surface area contributed by atoms with Crippen LogP contribution in [0.15, 0.2) is 71.7 Å². The molecule has 0 aliphatic rings. The maximum absolute atomic E-state index is 14.1. The number of para-hydroxylation sites is 1. The van der Waals surface area contributed by atoms with Gasteiger partial charge in [-0.3, -0.25) is 14.4 Å². The summed E-state index contributed by atoms with van der Waals surface area (Å²) in [6.45, 7) is 0.0400. The van der Waals surface area contributed by atoms with Crippen LogP contribution in [0.2, 0.25) is 0 Å². The summed E-state index contributed by atoms with van der Waals surface area (Å²) in [6, 6.07) is 10.2. The Kier molecular flexibility index (Phi) is 8.70. The lowest BCUT2D eigenvalue weighted by Crippen LogP contribution is -2.37.